The number of hydrogen-bond acceptors (Lipinski definition) is 2. The second kappa shape index (κ2) is 20.7. The first-order valence-electron chi connectivity index (χ1n) is 8.97. The molecule has 0 saturated carbocycles. The van der Waals surface area contributed by atoms with E-state index in [9.17, 15) is 9.90 Å². The second-order valence-corrected chi connectivity index (χ2v) is 6.07. The third-order valence-electron chi connectivity index (χ3n) is 3.98. The first-order valence-corrected chi connectivity index (χ1v) is 8.97. The standard InChI is InChI=1S/C18H36O2.La/c1-2-3-4-5-6-7-8-9-10-11-12-13-14-15-16-17-18(19)20;/h2-17H2,1H3,(H,19,20);/q;+1/p-1. The van der Waals surface area contributed by atoms with Gasteiger partial charge in [0.15, 0.2) is 0 Å². The summed E-state index contributed by atoms with van der Waals surface area (Å²) in [6.45, 7) is 2.27. The SMILES string of the molecule is CCCCCCCCCCCCCCCCCC(=O)[O-].[La+]. The van der Waals surface area contributed by atoms with E-state index < -0.39 is 5.97 Å². The molecule has 0 fully saturated rings. The molecule has 0 aromatic heterocycles. The van der Waals surface area contributed by atoms with Crippen molar-refractivity contribution in [2.45, 2.75) is 110 Å². The maximum Gasteiger partial charge on any atom is 1.00 e. The van der Waals surface area contributed by atoms with Crippen molar-refractivity contribution in [3.8, 4) is 0 Å². The monoisotopic (exact) mass is 422 g/mol. The van der Waals surface area contributed by atoms with Crippen LogP contribution in [0.1, 0.15) is 110 Å². The largest absolute Gasteiger partial charge is 1.00 e. The molecule has 0 bridgehead atoms. The van der Waals surface area contributed by atoms with E-state index in [-0.39, 0.29) is 42.0 Å². The Morgan fingerprint density at radius 2 is 0.905 bits per heavy atom. The van der Waals surface area contributed by atoms with Crippen LogP contribution >= 0.6 is 0 Å². The summed E-state index contributed by atoms with van der Waals surface area (Å²) in [6.07, 6.45) is 19.9. The molecule has 0 aliphatic heterocycles. The molecule has 0 N–H and O–H groups in total. The number of unbranched alkanes of at least 4 members (excludes halogenated alkanes) is 14. The Kier molecular flexibility index (Phi) is 23.5. The van der Waals surface area contributed by atoms with Crippen LogP contribution in [-0.4, -0.2) is 5.97 Å². The number of rotatable bonds is 16. The van der Waals surface area contributed by atoms with E-state index in [1.54, 1.807) is 0 Å². The summed E-state index contributed by atoms with van der Waals surface area (Å²) in [7, 11) is 0. The van der Waals surface area contributed by atoms with Gasteiger partial charge < -0.3 is 9.90 Å². The number of hydrogen-bond donors (Lipinski definition) is 0. The molecule has 122 valence electrons. The number of carbonyl (C=O) groups excluding carboxylic acids is 1. The summed E-state index contributed by atoms with van der Waals surface area (Å²) in [5.74, 6) is -0.903. The molecule has 0 aromatic carbocycles. The van der Waals surface area contributed by atoms with Crippen molar-refractivity contribution in [2.24, 2.45) is 0 Å². The molecule has 0 saturated heterocycles. The average Bonchev–Trinajstić information content (AvgIpc) is 2.43. The Labute approximate surface area is 160 Å². The van der Waals surface area contributed by atoms with Crippen LogP contribution in [0.2, 0.25) is 0 Å². The molecule has 0 amide bonds. The fourth-order valence-electron chi connectivity index (χ4n) is 2.64. The fraction of sp³-hybridized carbons (Fsp3) is 0.944. The minimum Gasteiger partial charge on any atom is -0.550 e. The Hall–Kier alpha value is 0.665. The van der Waals surface area contributed by atoms with Crippen molar-refractivity contribution in [1.29, 1.82) is 0 Å². The Morgan fingerprint density at radius 3 is 1.19 bits per heavy atom. The first-order chi connectivity index (χ1) is 9.77. The van der Waals surface area contributed by atoms with E-state index in [4.69, 9.17) is 0 Å². The van der Waals surface area contributed by atoms with Crippen molar-refractivity contribution in [1.82, 2.24) is 0 Å². The topological polar surface area (TPSA) is 40.1 Å². The molecule has 21 heavy (non-hydrogen) atoms. The molecule has 2 nitrogen and oxygen atoms in total. The quantitative estimate of drug-likeness (QED) is 0.329. The average molecular weight is 422 g/mol. The molecule has 0 atom stereocenters. The third-order valence-corrected chi connectivity index (χ3v) is 3.98. The van der Waals surface area contributed by atoms with Gasteiger partial charge in [0.1, 0.15) is 0 Å². The van der Waals surface area contributed by atoms with Gasteiger partial charge in [-0.1, -0.05) is 96.8 Å². The second-order valence-electron chi connectivity index (χ2n) is 6.07. The molecule has 0 rings (SSSR count). The maximum absolute atomic E-state index is 10.2. The van der Waals surface area contributed by atoms with Crippen LogP contribution in [0, 0.1) is 35.6 Å². The number of carboxylic acid groups (broad SMARTS) is 1. The fourth-order valence-corrected chi connectivity index (χ4v) is 2.64. The minimum atomic E-state index is -0.903. The zero-order chi connectivity index (χ0) is 14.9. The molecule has 0 aliphatic carbocycles. The first kappa shape index (κ1) is 23.9. The number of carbonyl (C=O) groups is 1. The zero-order valence-electron chi connectivity index (χ0n) is 14.2. The molecular weight excluding hydrogens is 387 g/mol. The Balaban J connectivity index is 0. The smallest absolute Gasteiger partial charge is 0.550 e. The van der Waals surface area contributed by atoms with Gasteiger partial charge in [-0.3, -0.25) is 0 Å². The van der Waals surface area contributed by atoms with Crippen LogP contribution < -0.4 is 5.11 Å². The van der Waals surface area contributed by atoms with Gasteiger partial charge >= 0.3 is 35.6 Å². The van der Waals surface area contributed by atoms with Gasteiger partial charge in [-0.15, -0.1) is 0 Å². The van der Waals surface area contributed by atoms with Crippen molar-refractivity contribution in [3.63, 3.8) is 0 Å². The van der Waals surface area contributed by atoms with Crippen molar-refractivity contribution in [2.75, 3.05) is 0 Å². The van der Waals surface area contributed by atoms with E-state index in [1.165, 1.54) is 83.5 Å². The predicted octanol–water partition coefficient (Wildman–Crippen LogP) is 5.00. The van der Waals surface area contributed by atoms with Crippen LogP contribution in [0.4, 0.5) is 0 Å². The molecule has 0 spiro atoms. The Bertz CT molecular complexity index is 207. The van der Waals surface area contributed by atoms with Gasteiger partial charge in [0, 0.05) is 5.97 Å². The summed E-state index contributed by atoms with van der Waals surface area (Å²) >= 11 is 0. The summed E-state index contributed by atoms with van der Waals surface area (Å²) in [5.41, 5.74) is 0. The van der Waals surface area contributed by atoms with Crippen LogP contribution in [0.3, 0.4) is 0 Å². The van der Waals surface area contributed by atoms with E-state index in [0.717, 1.165) is 12.8 Å². The summed E-state index contributed by atoms with van der Waals surface area (Å²) < 4.78 is 0. The summed E-state index contributed by atoms with van der Waals surface area (Å²) in [4.78, 5) is 10.2. The van der Waals surface area contributed by atoms with Gasteiger partial charge in [-0.25, -0.2) is 0 Å². The molecule has 0 aliphatic rings. The van der Waals surface area contributed by atoms with Gasteiger partial charge in [0.05, 0.1) is 0 Å². The van der Waals surface area contributed by atoms with E-state index in [1.807, 2.05) is 0 Å². The normalized spacial score (nSPS) is 10.3. The van der Waals surface area contributed by atoms with Crippen molar-refractivity contribution < 1.29 is 45.5 Å². The number of carboxylic acids is 1. The zero-order valence-corrected chi connectivity index (χ0v) is 17.8. The minimum absolute atomic E-state index is 0. The summed E-state index contributed by atoms with van der Waals surface area (Å²) in [6, 6.07) is 0. The summed E-state index contributed by atoms with van der Waals surface area (Å²) in [5, 5.41) is 10.2. The van der Waals surface area contributed by atoms with Gasteiger partial charge in [-0.05, 0) is 12.8 Å². The van der Waals surface area contributed by atoms with E-state index in [0.29, 0.717) is 0 Å². The van der Waals surface area contributed by atoms with Crippen molar-refractivity contribution >= 4 is 5.97 Å². The third kappa shape index (κ3) is 23.1. The molecule has 0 heterocycles. The predicted molar refractivity (Wildman–Crippen MR) is 84.6 cm³/mol. The molecular formula is C18H35LaO2. The molecule has 0 radical (unpaired) electrons. The number of aliphatic carboxylic acids is 1. The molecule has 0 aromatic rings. The van der Waals surface area contributed by atoms with E-state index >= 15 is 0 Å². The molecule has 0 unspecified atom stereocenters. The molecule has 3 heteroatoms. The van der Waals surface area contributed by atoms with Gasteiger partial charge in [-0.2, -0.15) is 0 Å². The Morgan fingerprint density at radius 1 is 0.619 bits per heavy atom. The van der Waals surface area contributed by atoms with Crippen LogP contribution in [0.5, 0.6) is 0 Å². The van der Waals surface area contributed by atoms with Gasteiger partial charge in [0.25, 0.3) is 0 Å². The van der Waals surface area contributed by atoms with Crippen LogP contribution in [0.25, 0.3) is 0 Å². The maximum atomic E-state index is 10.2. The van der Waals surface area contributed by atoms with Gasteiger partial charge in [0.2, 0.25) is 0 Å². The van der Waals surface area contributed by atoms with Crippen LogP contribution in [-0.2, 0) is 4.79 Å². The van der Waals surface area contributed by atoms with E-state index in [2.05, 4.69) is 6.92 Å². The van der Waals surface area contributed by atoms with Crippen molar-refractivity contribution in [3.05, 3.63) is 0 Å². The van der Waals surface area contributed by atoms with Crippen LogP contribution in [0.15, 0.2) is 0 Å².